The van der Waals surface area contributed by atoms with Gasteiger partial charge in [-0.2, -0.15) is 0 Å². The molecule has 1 atom stereocenters. The van der Waals surface area contributed by atoms with Gasteiger partial charge in [0.15, 0.2) is 16.4 Å². The molecule has 1 saturated heterocycles. The van der Waals surface area contributed by atoms with Crippen molar-refractivity contribution in [1.29, 1.82) is 0 Å². The normalized spacial score (nSPS) is 19.3. The fourth-order valence-corrected chi connectivity index (χ4v) is 4.09. The molecule has 1 fully saturated rings. The van der Waals surface area contributed by atoms with Gasteiger partial charge in [-0.15, -0.1) is 0 Å². The van der Waals surface area contributed by atoms with E-state index in [0.29, 0.717) is 12.0 Å². The number of likely N-dealkylation sites (N-methyl/N-ethyl adjacent to an activating group) is 1. The maximum absolute atomic E-state index is 13.4. The minimum atomic E-state index is -3.10. The van der Waals surface area contributed by atoms with Crippen LogP contribution in [0, 0.1) is 12.7 Å². The zero-order valence-electron chi connectivity index (χ0n) is 12.9. The zero-order chi connectivity index (χ0) is 17.2. The smallest absolute Gasteiger partial charge is 0.338 e. The number of rotatable bonds is 4. The van der Waals surface area contributed by atoms with Crippen molar-refractivity contribution in [1.82, 2.24) is 4.90 Å². The molecule has 0 aliphatic carbocycles. The van der Waals surface area contributed by atoms with E-state index < -0.39 is 40.2 Å². The molecule has 1 aliphatic heterocycles. The molecule has 8 heteroatoms. The predicted molar refractivity (Wildman–Crippen MR) is 81.2 cm³/mol. The minimum absolute atomic E-state index is 0.0204. The van der Waals surface area contributed by atoms with Crippen LogP contribution in [0.4, 0.5) is 4.39 Å². The van der Waals surface area contributed by atoms with Crippen LogP contribution in [-0.2, 0) is 19.4 Å². The molecule has 1 heterocycles. The van der Waals surface area contributed by atoms with E-state index in [1.165, 1.54) is 24.1 Å². The Morgan fingerprint density at radius 2 is 2.09 bits per heavy atom. The van der Waals surface area contributed by atoms with Gasteiger partial charge in [-0.3, -0.25) is 4.79 Å². The molecule has 6 nitrogen and oxygen atoms in total. The highest BCUT2D eigenvalue weighted by Crippen LogP contribution is 2.17. The number of carbonyl (C=O) groups excluding carboxylic acids is 2. The van der Waals surface area contributed by atoms with E-state index >= 15 is 0 Å². The van der Waals surface area contributed by atoms with Crippen LogP contribution < -0.4 is 0 Å². The minimum Gasteiger partial charge on any atom is -0.452 e. The van der Waals surface area contributed by atoms with Crippen LogP contribution in [0.25, 0.3) is 0 Å². The summed E-state index contributed by atoms with van der Waals surface area (Å²) >= 11 is 0. The quantitative estimate of drug-likeness (QED) is 0.760. The van der Waals surface area contributed by atoms with Crippen molar-refractivity contribution in [3.05, 3.63) is 35.1 Å². The monoisotopic (exact) mass is 343 g/mol. The number of sulfone groups is 1. The Morgan fingerprint density at radius 1 is 1.39 bits per heavy atom. The summed E-state index contributed by atoms with van der Waals surface area (Å²) in [4.78, 5) is 25.1. The molecule has 0 aromatic heterocycles. The number of aryl methyl sites for hydroxylation is 1. The molecule has 0 N–H and O–H groups in total. The summed E-state index contributed by atoms with van der Waals surface area (Å²) in [6, 6.07) is 3.51. The number of carbonyl (C=O) groups is 2. The third-order valence-electron chi connectivity index (χ3n) is 3.88. The summed E-state index contributed by atoms with van der Waals surface area (Å²) in [6.45, 7) is 1.06. The molecule has 0 radical (unpaired) electrons. The Bertz CT molecular complexity index is 731. The number of hydrogen-bond donors (Lipinski definition) is 0. The van der Waals surface area contributed by atoms with Gasteiger partial charge in [0.2, 0.25) is 0 Å². The molecule has 1 aromatic rings. The summed E-state index contributed by atoms with van der Waals surface area (Å²) in [5, 5.41) is 0. The van der Waals surface area contributed by atoms with E-state index in [-0.39, 0.29) is 17.1 Å². The first-order chi connectivity index (χ1) is 10.7. The van der Waals surface area contributed by atoms with Gasteiger partial charge in [-0.05, 0) is 31.0 Å². The average Bonchev–Trinajstić information content (AvgIpc) is 2.86. The van der Waals surface area contributed by atoms with Gasteiger partial charge in [0.25, 0.3) is 5.91 Å². The summed E-state index contributed by atoms with van der Waals surface area (Å²) in [5.41, 5.74) is 0.423. The maximum atomic E-state index is 13.4. The highest BCUT2D eigenvalue weighted by Gasteiger charge is 2.32. The Labute approximate surface area is 134 Å². The molecule has 23 heavy (non-hydrogen) atoms. The molecule has 1 amide bonds. The fraction of sp³-hybridized carbons (Fsp3) is 0.467. The maximum Gasteiger partial charge on any atom is 0.338 e. The van der Waals surface area contributed by atoms with Gasteiger partial charge in [-0.1, -0.05) is 6.07 Å². The molecular formula is C15H18FNO5S. The van der Waals surface area contributed by atoms with Crippen molar-refractivity contribution in [2.75, 3.05) is 25.2 Å². The van der Waals surface area contributed by atoms with Crippen molar-refractivity contribution in [3.8, 4) is 0 Å². The van der Waals surface area contributed by atoms with Crippen molar-refractivity contribution in [2.24, 2.45) is 0 Å². The lowest BCUT2D eigenvalue weighted by atomic mass is 10.1. The van der Waals surface area contributed by atoms with Gasteiger partial charge in [0.05, 0.1) is 17.1 Å². The topological polar surface area (TPSA) is 80.8 Å². The molecule has 1 aliphatic rings. The fourth-order valence-electron chi connectivity index (χ4n) is 2.32. The van der Waals surface area contributed by atoms with Gasteiger partial charge in [-0.25, -0.2) is 17.6 Å². The van der Waals surface area contributed by atoms with Crippen molar-refractivity contribution < 1.29 is 27.1 Å². The number of benzene rings is 1. The summed E-state index contributed by atoms with van der Waals surface area (Å²) in [6.07, 6.45) is 0.377. The highest BCUT2D eigenvalue weighted by atomic mass is 32.2. The second kappa shape index (κ2) is 6.66. The van der Waals surface area contributed by atoms with Crippen LogP contribution in [0.1, 0.15) is 22.3 Å². The van der Waals surface area contributed by atoms with Crippen LogP contribution in [0.15, 0.2) is 18.2 Å². The average molecular weight is 343 g/mol. The number of nitrogens with zero attached hydrogens (tertiary/aromatic N) is 1. The van der Waals surface area contributed by atoms with Gasteiger partial charge < -0.3 is 9.64 Å². The predicted octanol–water partition coefficient (Wildman–Crippen LogP) is 0.936. The first kappa shape index (κ1) is 17.4. The summed E-state index contributed by atoms with van der Waals surface area (Å²) in [7, 11) is -1.62. The van der Waals surface area contributed by atoms with E-state index in [0.717, 1.165) is 6.07 Å². The van der Waals surface area contributed by atoms with Crippen molar-refractivity contribution in [3.63, 3.8) is 0 Å². The van der Waals surface area contributed by atoms with E-state index in [1.54, 1.807) is 6.92 Å². The summed E-state index contributed by atoms with van der Waals surface area (Å²) in [5.74, 6) is -1.85. The largest absolute Gasteiger partial charge is 0.452 e. The molecule has 126 valence electrons. The SMILES string of the molecule is Cc1ccc(C(=O)OCC(=O)N(C)[C@H]2CCS(=O)(=O)C2)cc1F. The first-order valence-electron chi connectivity index (χ1n) is 7.09. The van der Waals surface area contributed by atoms with Crippen molar-refractivity contribution in [2.45, 2.75) is 19.4 Å². The van der Waals surface area contributed by atoms with Crippen molar-refractivity contribution >= 4 is 21.7 Å². The van der Waals surface area contributed by atoms with Crippen LogP contribution in [-0.4, -0.2) is 56.4 Å². The molecule has 2 rings (SSSR count). The second-order valence-corrected chi connectivity index (χ2v) is 7.83. The molecular weight excluding hydrogens is 325 g/mol. The third-order valence-corrected chi connectivity index (χ3v) is 5.63. The van der Waals surface area contributed by atoms with E-state index in [9.17, 15) is 22.4 Å². The number of hydrogen-bond acceptors (Lipinski definition) is 5. The number of esters is 1. The Morgan fingerprint density at radius 3 is 2.65 bits per heavy atom. The molecule has 0 bridgehead atoms. The number of amides is 1. The van der Waals surface area contributed by atoms with E-state index in [1.807, 2.05) is 0 Å². The first-order valence-corrected chi connectivity index (χ1v) is 8.91. The van der Waals surface area contributed by atoms with E-state index in [2.05, 4.69) is 0 Å². The lowest BCUT2D eigenvalue weighted by molar-refractivity contribution is -0.134. The van der Waals surface area contributed by atoms with E-state index in [4.69, 9.17) is 4.74 Å². The van der Waals surface area contributed by atoms with Gasteiger partial charge in [0.1, 0.15) is 5.82 Å². The van der Waals surface area contributed by atoms with Crippen LogP contribution in [0.2, 0.25) is 0 Å². The zero-order valence-corrected chi connectivity index (χ0v) is 13.7. The molecule has 0 saturated carbocycles. The highest BCUT2D eigenvalue weighted by molar-refractivity contribution is 7.91. The summed E-state index contributed by atoms with van der Waals surface area (Å²) < 4.78 is 41.1. The molecule has 1 aromatic carbocycles. The number of halogens is 1. The Kier molecular flexibility index (Phi) is 5.03. The lowest BCUT2D eigenvalue weighted by Gasteiger charge is -2.23. The van der Waals surface area contributed by atoms with Gasteiger partial charge >= 0.3 is 5.97 Å². The number of ether oxygens (including phenoxy) is 1. The molecule has 0 unspecified atom stereocenters. The lowest BCUT2D eigenvalue weighted by Crippen LogP contribution is -2.40. The third kappa shape index (κ3) is 4.28. The van der Waals surface area contributed by atoms with Gasteiger partial charge in [0, 0.05) is 13.1 Å². The Hall–Kier alpha value is -1.96. The standard InChI is InChI=1S/C15H18FNO5S/c1-10-3-4-11(7-13(10)16)15(19)22-8-14(18)17(2)12-5-6-23(20,21)9-12/h3-4,7,12H,5-6,8-9H2,1-2H3/t12-/m0/s1. The second-order valence-electron chi connectivity index (χ2n) is 5.60. The van der Waals surface area contributed by atoms with Crippen LogP contribution in [0.5, 0.6) is 0 Å². The van der Waals surface area contributed by atoms with Crippen LogP contribution in [0.3, 0.4) is 0 Å². The molecule has 0 spiro atoms. The van der Waals surface area contributed by atoms with Crippen LogP contribution >= 0.6 is 0 Å². The Balaban J connectivity index is 1.91.